The van der Waals surface area contributed by atoms with Crippen LogP contribution in [0.5, 0.6) is 0 Å². The SMILES string of the molecule is CC(Cc1ccc(F)cc1)NCCc1ccc(F)cc1. The second-order valence-electron chi connectivity index (χ2n) is 5.06. The third kappa shape index (κ3) is 4.74. The molecule has 1 unspecified atom stereocenters. The zero-order valence-corrected chi connectivity index (χ0v) is 11.6. The van der Waals surface area contributed by atoms with Gasteiger partial charge < -0.3 is 5.32 Å². The summed E-state index contributed by atoms with van der Waals surface area (Å²) in [5, 5.41) is 3.42. The Balaban J connectivity index is 1.73. The van der Waals surface area contributed by atoms with Crippen molar-refractivity contribution >= 4 is 0 Å². The Morgan fingerprint density at radius 3 is 1.90 bits per heavy atom. The molecule has 0 saturated carbocycles. The summed E-state index contributed by atoms with van der Waals surface area (Å²) in [6.45, 7) is 2.95. The Hall–Kier alpha value is -1.74. The standard InChI is InChI=1S/C17H19F2N/c1-13(12-15-4-8-17(19)9-5-15)20-11-10-14-2-6-16(18)7-3-14/h2-9,13,20H,10-12H2,1H3. The van der Waals surface area contributed by atoms with Crippen molar-refractivity contribution in [3.63, 3.8) is 0 Å². The average molecular weight is 275 g/mol. The number of benzene rings is 2. The zero-order valence-electron chi connectivity index (χ0n) is 11.6. The minimum atomic E-state index is -0.203. The molecule has 3 heteroatoms. The molecule has 1 N–H and O–H groups in total. The monoisotopic (exact) mass is 275 g/mol. The highest BCUT2D eigenvalue weighted by molar-refractivity contribution is 5.18. The lowest BCUT2D eigenvalue weighted by Gasteiger charge is -2.14. The largest absolute Gasteiger partial charge is 0.314 e. The first kappa shape index (κ1) is 14.7. The molecule has 1 atom stereocenters. The Labute approximate surface area is 118 Å². The van der Waals surface area contributed by atoms with Crippen LogP contribution in [0.25, 0.3) is 0 Å². The highest BCUT2D eigenvalue weighted by Crippen LogP contribution is 2.06. The van der Waals surface area contributed by atoms with Gasteiger partial charge in [-0.1, -0.05) is 24.3 Å². The van der Waals surface area contributed by atoms with Gasteiger partial charge >= 0.3 is 0 Å². The summed E-state index contributed by atoms with van der Waals surface area (Å²) in [7, 11) is 0. The molecule has 0 radical (unpaired) electrons. The summed E-state index contributed by atoms with van der Waals surface area (Å²) in [5.41, 5.74) is 2.24. The third-order valence-corrected chi connectivity index (χ3v) is 3.27. The highest BCUT2D eigenvalue weighted by atomic mass is 19.1. The number of hydrogen-bond acceptors (Lipinski definition) is 1. The van der Waals surface area contributed by atoms with Crippen LogP contribution in [0.2, 0.25) is 0 Å². The van der Waals surface area contributed by atoms with E-state index in [-0.39, 0.29) is 11.6 Å². The molecule has 0 heterocycles. The van der Waals surface area contributed by atoms with Crippen molar-refractivity contribution in [1.29, 1.82) is 0 Å². The molecule has 0 aliphatic rings. The van der Waals surface area contributed by atoms with Gasteiger partial charge in [-0.15, -0.1) is 0 Å². The van der Waals surface area contributed by atoms with Crippen LogP contribution in [-0.4, -0.2) is 12.6 Å². The molecule has 0 aliphatic carbocycles. The van der Waals surface area contributed by atoms with E-state index in [1.807, 2.05) is 24.3 Å². The molecule has 0 fully saturated rings. The van der Waals surface area contributed by atoms with Crippen LogP contribution in [0.4, 0.5) is 8.78 Å². The van der Waals surface area contributed by atoms with Crippen LogP contribution in [0.3, 0.4) is 0 Å². The Morgan fingerprint density at radius 2 is 1.35 bits per heavy atom. The maximum absolute atomic E-state index is 12.8. The van der Waals surface area contributed by atoms with E-state index in [0.29, 0.717) is 6.04 Å². The first-order valence-electron chi connectivity index (χ1n) is 6.86. The van der Waals surface area contributed by atoms with Crippen LogP contribution in [-0.2, 0) is 12.8 Å². The maximum Gasteiger partial charge on any atom is 0.123 e. The van der Waals surface area contributed by atoms with Gasteiger partial charge in [-0.2, -0.15) is 0 Å². The molecule has 0 spiro atoms. The van der Waals surface area contributed by atoms with Crippen LogP contribution < -0.4 is 5.32 Å². The predicted octanol–water partition coefficient (Wildman–Crippen LogP) is 3.73. The maximum atomic E-state index is 12.8. The molecular weight excluding hydrogens is 256 g/mol. The zero-order chi connectivity index (χ0) is 14.4. The Bertz CT molecular complexity index is 520. The van der Waals surface area contributed by atoms with Crippen LogP contribution in [0, 0.1) is 11.6 Å². The van der Waals surface area contributed by atoms with Crippen LogP contribution >= 0.6 is 0 Å². The number of hydrogen-bond donors (Lipinski definition) is 1. The van der Waals surface area contributed by atoms with E-state index >= 15 is 0 Å². The van der Waals surface area contributed by atoms with Gasteiger partial charge in [0, 0.05) is 6.04 Å². The molecule has 0 aromatic heterocycles. The van der Waals surface area contributed by atoms with Gasteiger partial charge in [-0.3, -0.25) is 0 Å². The summed E-state index contributed by atoms with van der Waals surface area (Å²) < 4.78 is 25.6. The summed E-state index contributed by atoms with van der Waals surface area (Å²) >= 11 is 0. The first-order valence-corrected chi connectivity index (χ1v) is 6.86. The summed E-state index contributed by atoms with van der Waals surface area (Å²) in [6.07, 6.45) is 1.73. The van der Waals surface area contributed by atoms with E-state index in [4.69, 9.17) is 0 Å². The Morgan fingerprint density at radius 1 is 0.850 bits per heavy atom. The fourth-order valence-corrected chi connectivity index (χ4v) is 2.16. The normalized spacial score (nSPS) is 12.3. The third-order valence-electron chi connectivity index (χ3n) is 3.27. The van der Waals surface area contributed by atoms with Crippen molar-refractivity contribution in [3.05, 3.63) is 71.3 Å². The van der Waals surface area contributed by atoms with Crippen molar-refractivity contribution in [2.24, 2.45) is 0 Å². The second kappa shape index (κ2) is 7.15. The lowest BCUT2D eigenvalue weighted by atomic mass is 10.1. The molecule has 0 aliphatic heterocycles. The summed E-state index contributed by atoms with van der Waals surface area (Å²) in [4.78, 5) is 0. The second-order valence-corrected chi connectivity index (χ2v) is 5.06. The van der Waals surface area contributed by atoms with E-state index in [0.717, 1.165) is 30.5 Å². The van der Waals surface area contributed by atoms with Crippen LogP contribution in [0.1, 0.15) is 18.1 Å². The molecule has 0 amide bonds. The quantitative estimate of drug-likeness (QED) is 0.847. The topological polar surface area (TPSA) is 12.0 Å². The first-order chi connectivity index (χ1) is 9.63. The highest BCUT2D eigenvalue weighted by Gasteiger charge is 2.03. The molecule has 2 rings (SSSR count). The van der Waals surface area contributed by atoms with E-state index in [1.165, 1.54) is 24.3 Å². The van der Waals surface area contributed by atoms with Crippen molar-refractivity contribution < 1.29 is 8.78 Å². The van der Waals surface area contributed by atoms with Crippen molar-refractivity contribution in [3.8, 4) is 0 Å². The van der Waals surface area contributed by atoms with Gasteiger partial charge in [-0.25, -0.2) is 8.78 Å². The lowest BCUT2D eigenvalue weighted by Crippen LogP contribution is -2.29. The fourth-order valence-electron chi connectivity index (χ4n) is 2.16. The molecular formula is C17H19F2N. The summed E-state index contributed by atoms with van der Waals surface area (Å²) in [5.74, 6) is -0.406. The number of halogens is 2. The lowest BCUT2D eigenvalue weighted by molar-refractivity contribution is 0.547. The number of rotatable bonds is 6. The molecule has 106 valence electrons. The van der Waals surface area contributed by atoms with Crippen molar-refractivity contribution in [2.45, 2.75) is 25.8 Å². The van der Waals surface area contributed by atoms with Crippen molar-refractivity contribution in [1.82, 2.24) is 5.32 Å². The molecule has 20 heavy (non-hydrogen) atoms. The molecule has 2 aromatic carbocycles. The van der Waals surface area contributed by atoms with Crippen LogP contribution in [0.15, 0.2) is 48.5 Å². The molecule has 0 bridgehead atoms. The van der Waals surface area contributed by atoms with Gasteiger partial charge in [0.2, 0.25) is 0 Å². The minimum absolute atomic E-state index is 0.202. The van der Waals surface area contributed by atoms with Gasteiger partial charge in [0.15, 0.2) is 0 Å². The fraction of sp³-hybridized carbons (Fsp3) is 0.294. The summed E-state index contributed by atoms with van der Waals surface area (Å²) in [6, 6.07) is 13.5. The molecule has 1 nitrogen and oxygen atoms in total. The predicted molar refractivity (Wildman–Crippen MR) is 77.7 cm³/mol. The Kier molecular flexibility index (Phi) is 5.24. The van der Waals surface area contributed by atoms with E-state index in [1.54, 1.807) is 0 Å². The van der Waals surface area contributed by atoms with Gasteiger partial charge in [0.1, 0.15) is 11.6 Å². The minimum Gasteiger partial charge on any atom is -0.314 e. The van der Waals surface area contributed by atoms with Gasteiger partial charge in [0.25, 0.3) is 0 Å². The average Bonchev–Trinajstić information content (AvgIpc) is 2.44. The smallest absolute Gasteiger partial charge is 0.123 e. The van der Waals surface area contributed by atoms with Gasteiger partial charge in [-0.05, 0) is 61.7 Å². The molecule has 2 aromatic rings. The van der Waals surface area contributed by atoms with E-state index < -0.39 is 0 Å². The molecule has 0 saturated heterocycles. The van der Waals surface area contributed by atoms with Gasteiger partial charge in [0.05, 0.1) is 0 Å². The van der Waals surface area contributed by atoms with E-state index in [2.05, 4.69) is 12.2 Å². The van der Waals surface area contributed by atoms with E-state index in [9.17, 15) is 8.78 Å². The number of nitrogens with one attached hydrogen (secondary N) is 1. The van der Waals surface area contributed by atoms with Crippen molar-refractivity contribution in [2.75, 3.05) is 6.54 Å².